The van der Waals surface area contributed by atoms with Crippen LogP contribution in [-0.2, 0) is 6.42 Å². The van der Waals surface area contributed by atoms with Crippen LogP contribution in [0.25, 0.3) is 0 Å². The highest BCUT2D eigenvalue weighted by Crippen LogP contribution is 2.26. The van der Waals surface area contributed by atoms with Crippen molar-refractivity contribution < 1.29 is 9.90 Å². The molecule has 0 radical (unpaired) electrons. The third-order valence-corrected chi connectivity index (χ3v) is 3.86. The fourth-order valence-corrected chi connectivity index (χ4v) is 2.66. The lowest BCUT2D eigenvalue weighted by molar-refractivity contribution is 0.0696. The van der Waals surface area contributed by atoms with Crippen LogP contribution in [0, 0.1) is 0 Å². The molecule has 0 aliphatic carbocycles. The molecule has 82 valence electrons. The second-order valence-corrected chi connectivity index (χ2v) is 5.52. The third-order valence-electron chi connectivity index (χ3n) is 2.05. The zero-order chi connectivity index (χ0) is 11.5. The molecule has 0 aliphatic rings. The topological polar surface area (TPSA) is 50.2 Å². The second kappa shape index (κ2) is 4.76. The van der Waals surface area contributed by atoms with Crippen LogP contribution >= 0.6 is 27.3 Å². The van der Waals surface area contributed by atoms with E-state index in [1.165, 1.54) is 0 Å². The van der Waals surface area contributed by atoms with Crippen molar-refractivity contribution in [2.75, 3.05) is 0 Å². The molecule has 0 aliphatic heterocycles. The van der Waals surface area contributed by atoms with Gasteiger partial charge in [-0.3, -0.25) is 0 Å². The van der Waals surface area contributed by atoms with Crippen LogP contribution in [0.15, 0.2) is 34.1 Å². The summed E-state index contributed by atoms with van der Waals surface area (Å²) in [4.78, 5) is 14.8. The largest absolute Gasteiger partial charge is 0.476 e. The van der Waals surface area contributed by atoms with E-state index in [9.17, 15) is 4.79 Å². The van der Waals surface area contributed by atoms with E-state index in [0.29, 0.717) is 6.42 Å². The van der Waals surface area contributed by atoms with Crippen LogP contribution < -0.4 is 0 Å². The smallest absolute Gasteiger partial charge is 0.365 e. The molecule has 3 nitrogen and oxygen atoms in total. The SMILES string of the molecule is O=C(O)c1nc(Cc2ccccc2)c(Br)s1. The maximum atomic E-state index is 10.7. The lowest BCUT2D eigenvalue weighted by Gasteiger charge is -1.97. The minimum atomic E-state index is -0.981. The number of aromatic carboxylic acids is 1. The van der Waals surface area contributed by atoms with E-state index in [1.54, 1.807) is 0 Å². The summed E-state index contributed by atoms with van der Waals surface area (Å²) in [5.74, 6) is -0.981. The first kappa shape index (κ1) is 11.3. The zero-order valence-electron chi connectivity index (χ0n) is 8.18. The van der Waals surface area contributed by atoms with Crippen LogP contribution in [0.3, 0.4) is 0 Å². The number of benzene rings is 1. The zero-order valence-corrected chi connectivity index (χ0v) is 10.6. The van der Waals surface area contributed by atoms with Gasteiger partial charge in [-0.2, -0.15) is 0 Å². The van der Waals surface area contributed by atoms with E-state index in [1.807, 2.05) is 30.3 Å². The summed E-state index contributed by atoms with van der Waals surface area (Å²) < 4.78 is 0.786. The van der Waals surface area contributed by atoms with Gasteiger partial charge < -0.3 is 5.11 Å². The molecule has 1 heterocycles. The Labute approximate surface area is 105 Å². The van der Waals surface area contributed by atoms with E-state index in [-0.39, 0.29) is 5.01 Å². The number of carboxylic acid groups (broad SMARTS) is 1. The van der Waals surface area contributed by atoms with E-state index in [0.717, 1.165) is 26.4 Å². The molecule has 0 fully saturated rings. The fourth-order valence-electron chi connectivity index (χ4n) is 1.32. The highest BCUT2D eigenvalue weighted by atomic mass is 79.9. The standard InChI is InChI=1S/C11H8BrNO2S/c12-9-8(13-10(16-9)11(14)15)6-7-4-2-1-3-5-7/h1-5H,6H2,(H,14,15). The molecule has 1 aromatic carbocycles. The number of carboxylic acids is 1. The van der Waals surface area contributed by atoms with Gasteiger partial charge in [0.2, 0.25) is 5.01 Å². The van der Waals surface area contributed by atoms with E-state index in [2.05, 4.69) is 20.9 Å². The number of rotatable bonds is 3. The summed E-state index contributed by atoms with van der Waals surface area (Å²) in [6.45, 7) is 0. The molecule has 0 saturated carbocycles. The van der Waals surface area contributed by atoms with Crippen molar-refractivity contribution in [3.63, 3.8) is 0 Å². The number of halogens is 1. The Hall–Kier alpha value is -1.20. The first-order chi connectivity index (χ1) is 7.66. The van der Waals surface area contributed by atoms with Gasteiger partial charge in [0.25, 0.3) is 0 Å². The van der Waals surface area contributed by atoms with Gasteiger partial charge in [0.05, 0.1) is 9.48 Å². The van der Waals surface area contributed by atoms with Crippen molar-refractivity contribution in [3.05, 3.63) is 50.4 Å². The van der Waals surface area contributed by atoms with Crippen LogP contribution in [0.4, 0.5) is 0 Å². The van der Waals surface area contributed by atoms with Crippen molar-refractivity contribution in [1.82, 2.24) is 4.98 Å². The fraction of sp³-hybridized carbons (Fsp3) is 0.0909. The van der Waals surface area contributed by atoms with Gasteiger partial charge in [0, 0.05) is 6.42 Å². The van der Waals surface area contributed by atoms with Gasteiger partial charge in [0.15, 0.2) is 0 Å². The van der Waals surface area contributed by atoms with Crippen LogP contribution in [0.5, 0.6) is 0 Å². The Morgan fingerprint density at radius 1 is 1.38 bits per heavy atom. The van der Waals surface area contributed by atoms with Gasteiger partial charge in [-0.05, 0) is 21.5 Å². The first-order valence-corrected chi connectivity index (χ1v) is 6.20. The average Bonchev–Trinajstić information content (AvgIpc) is 2.62. The highest BCUT2D eigenvalue weighted by Gasteiger charge is 2.14. The predicted molar refractivity (Wildman–Crippen MR) is 66.0 cm³/mol. The van der Waals surface area contributed by atoms with Gasteiger partial charge in [0.1, 0.15) is 0 Å². The Bertz CT molecular complexity index is 510. The number of hydrogen-bond acceptors (Lipinski definition) is 3. The van der Waals surface area contributed by atoms with Crippen molar-refractivity contribution in [1.29, 1.82) is 0 Å². The molecule has 0 spiro atoms. The number of aromatic nitrogens is 1. The molecule has 2 rings (SSSR count). The maximum Gasteiger partial charge on any atom is 0.365 e. The first-order valence-electron chi connectivity index (χ1n) is 4.59. The monoisotopic (exact) mass is 297 g/mol. The molecule has 0 unspecified atom stereocenters. The van der Waals surface area contributed by atoms with E-state index in [4.69, 9.17) is 5.11 Å². The summed E-state index contributed by atoms with van der Waals surface area (Å²) in [5.41, 5.74) is 1.89. The number of carbonyl (C=O) groups is 1. The quantitative estimate of drug-likeness (QED) is 0.946. The Kier molecular flexibility index (Phi) is 3.36. The van der Waals surface area contributed by atoms with Gasteiger partial charge in [-0.1, -0.05) is 41.7 Å². The van der Waals surface area contributed by atoms with E-state index < -0.39 is 5.97 Å². The molecule has 0 bridgehead atoms. The number of nitrogens with zero attached hydrogens (tertiary/aromatic N) is 1. The maximum absolute atomic E-state index is 10.7. The summed E-state index contributed by atoms with van der Waals surface area (Å²) >= 11 is 4.48. The number of hydrogen-bond donors (Lipinski definition) is 1. The van der Waals surface area contributed by atoms with Gasteiger partial charge in [-0.25, -0.2) is 9.78 Å². The molecule has 2 aromatic rings. The van der Waals surface area contributed by atoms with Gasteiger partial charge in [-0.15, -0.1) is 0 Å². The highest BCUT2D eigenvalue weighted by molar-refractivity contribution is 9.11. The molecule has 1 aromatic heterocycles. The lowest BCUT2D eigenvalue weighted by atomic mass is 10.1. The Balaban J connectivity index is 2.25. The molecule has 0 saturated heterocycles. The normalized spacial score (nSPS) is 10.3. The second-order valence-electron chi connectivity index (χ2n) is 3.21. The molecule has 0 atom stereocenters. The summed E-state index contributed by atoms with van der Waals surface area (Å²) in [7, 11) is 0. The van der Waals surface area contributed by atoms with Crippen molar-refractivity contribution in [2.45, 2.75) is 6.42 Å². The van der Waals surface area contributed by atoms with E-state index >= 15 is 0 Å². The molecule has 16 heavy (non-hydrogen) atoms. The van der Waals surface area contributed by atoms with Crippen molar-refractivity contribution in [2.24, 2.45) is 0 Å². The molecule has 5 heteroatoms. The minimum Gasteiger partial charge on any atom is -0.476 e. The van der Waals surface area contributed by atoms with Crippen LogP contribution in [0.1, 0.15) is 21.1 Å². The van der Waals surface area contributed by atoms with Crippen molar-refractivity contribution >= 4 is 33.2 Å². The lowest BCUT2D eigenvalue weighted by Crippen LogP contribution is -1.96. The van der Waals surface area contributed by atoms with Crippen LogP contribution in [0.2, 0.25) is 0 Å². The Morgan fingerprint density at radius 2 is 2.06 bits per heavy atom. The third kappa shape index (κ3) is 2.48. The summed E-state index contributed by atoms with van der Waals surface area (Å²) in [5, 5.41) is 8.94. The molecular weight excluding hydrogens is 290 g/mol. The molecule has 1 N–H and O–H groups in total. The summed E-state index contributed by atoms with van der Waals surface area (Å²) in [6.07, 6.45) is 0.644. The number of thiazole rings is 1. The molecule has 0 amide bonds. The van der Waals surface area contributed by atoms with Gasteiger partial charge >= 0.3 is 5.97 Å². The predicted octanol–water partition coefficient (Wildman–Crippen LogP) is 3.19. The Morgan fingerprint density at radius 3 is 2.62 bits per heavy atom. The molecular formula is C11H8BrNO2S. The average molecular weight is 298 g/mol. The van der Waals surface area contributed by atoms with Crippen molar-refractivity contribution in [3.8, 4) is 0 Å². The van der Waals surface area contributed by atoms with Crippen LogP contribution in [-0.4, -0.2) is 16.1 Å². The minimum absolute atomic E-state index is 0.123. The summed E-state index contributed by atoms with van der Waals surface area (Å²) in [6, 6.07) is 9.84.